The van der Waals surface area contributed by atoms with Gasteiger partial charge >= 0.3 is 5.97 Å². The molecule has 1 spiro atoms. The molecule has 4 rings (SSSR count). The largest absolute Gasteiger partial charge is 0.461 e. The van der Waals surface area contributed by atoms with Gasteiger partial charge in [-0.05, 0) is 37.3 Å². The number of carbonyl (C=O) groups excluding carboxylic acids is 3. The molecule has 2 amide bonds. The molecule has 3 saturated heterocycles. The van der Waals surface area contributed by atoms with Crippen LogP contribution in [0.15, 0.2) is 43.5 Å². The van der Waals surface area contributed by atoms with E-state index in [0.717, 1.165) is 23.2 Å². The average molecular weight is 499 g/mol. The van der Waals surface area contributed by atoms with Crippen LogP contribution in [-0.2, 0) is 19.1 Å². The molecule has 2 bridgehead atoms. The minimum absolute atomic E-state index is 0.0363. The second kappa shape index (κ2) is 9.82. The molecule has 6 atom stereocenters. The van der Waals surface area contributed by atoms with Crippen molar-refractivity contribution in [3.8, 4) is 0 Å². The summed E-state index contributed by atoms with van der Waals surface area (Å²) in [6.45, 7) is 13.6. The Labute approximate surface area is 211 Å². The first-order valence-corrected chi connectivity index (χ1v) is 13.0. The Kier molecular flexibility index (Phi) is 7.16. The lowest BCUT2D eigenvalue weighted by atomic mass is 9.66. The number of anilines is 1. The highest BCUT2D eigenvalue weighted by molar-refractivity contribution is 8.02. The summed E-state index contributed by atoms with van der Waals surface area (Å²) in [6, 6.07) is 5.07. The molecule has 0 saturated carbocycles. The van der Waals surface area contributed by atoms with Crippen LogP contribution in [0.5, 0.6) is 0 Å². The number of para-hydroxylation sites is 1. The molecular formula is C27H34N2O5S. The summed E-state index contributed by atoms with van der Waals surface area (Å²) in [5.41, 5.74) is 2.71. The number of nitrogens with zero attached hydrogens (tertiary/aromatic N) is 2. The highest BCUT2D eigenvalue weighted by atomic mass is 32.2. The van der Waals surface area contributed by atoms with E-state index in [4.69, 9.17) is 4.74 Å². The van der Waals surface area contributed by atoms with Crippen LogP contribution in [0.3, 0.4) is 0 Å². The van der Waals surface area contributed by atoms with Crippen LogP contribution in [0.2, 0.25) is 0 Å². The van der Waals surface area contributed by atoms with E-state index in [1.165, 1.54) is 11.0 Å². The number of benzene rings is 1. The summed E-state index contributed by atoms with van der Waals surface area (Å²) in [4.78, 5) is 44.6. The second-order valence-electron chi connectivity index (χ2n) is 9.70. The van der Waals surface area contributed by atoms with E-state index in [9.17, 15) is 19.5 Å². The first-order chi connectivity index (χ1) is 16.7. The maximum Gasteiger partial charge on any atom is 0.311 e. The van der Waals surface area contributed by atoms with Gasteiger partial charge in [-0.1, -0.05) is 43.9 Å². The maximum atomic E-state index is 14.5. The molecule has 3 aliphatic heterocycles. The number of rotatable bonds is 9. The summed E-state index contributed by atoms with van der Waals surface area (Å²) < 4.78 is 4.63. The van der Waals surface area contributed by atoms with Crippen molar-refractivity contribution in [2.45, 2.75) is 43.2 Å². The van der Waals surface area contributed by atoms with Gasteiger partial charge in [0.1, 0.15) is 12.6 Å². The number of hydrogen-bond acceptors (Lipinski definition) is 6. The predicted octanol–water partition coefficient (Wildman–Crippen LogP) is 2.88. The quantitative estimate of drug-likeness (QED) is 0.416. The Morgan fingerprint density at radius 3 is 2.57 bits per heavy atom. The normalized spacial score (nSPS) is 30.8. The van der Waals surface area contributed by atoms with Crippen molar-refractivity contribution in [3.63, 3.8) is 0 Å². The minimum atomic E-state index is -0.798. The van der Waals surface area contributed by atoms with Crippen molar-refractivity contribution >= 4 is 35.2 Å². The van der Waals surface area contributed by atoms with Crippen LogP contribution < -0.4 is 4.90 Å². The number of aliphatic hydroxyl groups is 1. The second-order valence-corrected chi connectivity index (χ2v) is 11.3. The topological polar surface area (TPSA) is 87.1 Å². The van der Waals surface area contributed by atoms with E-state index in [-0.39, 0.29) is 49.3 Å². The lowest BCUT2D eigenvalue weighted by Gasteiger charge is -2.40. The molecule has 3 heterocycles. The summed E-state index contributed by atoms with van der Waals surface area (Å²) in [6.07, 6.45) is 3.92. The lowest BCUT2D eigenvalue weighted by molar-refractivity contribution is -0.153. The van der Waals surface area contributed by atoms with Gasteiger partial charge < -0.3 is 19.6 Å². The van der Waals surface area contributed by atoms with Gasteiger partial charge in [0, 0.05) is 24.0 Å². The van der Waals surface area contributed by atoms with Gasteiger partial charge in [0.15, 0.2) is 0 Å². The molecule has 188 valence electrons. The zero-order chi connectivity index (χ0) is 25.5. The Hall–Kier alpha value is -2.58. The summed E-state index contributed by atoms with van der Waals surface area (Å²) in [5.74, 6) is -2.11. The number of β-amino-alcohol motifs (C(OH)–C–C–N with tert-alkyl or cyclic N) is 1. The van der Waals surface area contributed by atoms with Crippen LogP contribution in [0.4, 0.5) is 5.69 Å². The first-order valence-electron chi connectivity index (χ1n) is 12.1. The molecule has 1 aromatic rings. The van der Waals surface area contributed by atoms with Gasteiger partial charge in [-0.2, -0.15) is 0 Å². The predicted molar refractivity (Wildman–Crippen MR) is 137 cm³/mol. The van der Waals surface area contributed by atoms with Crippen molar-refractivity contribution in [1.82, 2.24) is 4.90 Å². The summed E-state index contributed by atoms with van der Waals surface area (Å²) in [7, 11) is 0. The van der Waals surface area contributed by atoms with Gasteiger partial charge in [-0.3, -0.25) is 14.4 Å². The molecule has 3 unspecified atom stereocenters. The molecule has 35 heavy (non-hydrogen) atoms. The van der Waals surface area contributed by atoms with Crippen LogP contribution in [-0.4, -0.2) is 70.1 Å². The number of ether oxygens (including phenoxy) is 1. The number of esters is 1. The van der Waals surface area contributed by atoms with Crippen LogP contribution in [0, 0.1) is 31.6 Å². The summed E-state index contributed by atoms with van der Waals surface area (Å²) in [5, 5.41) is 9.75. The molecule has 7 nitrogen and oxygen atoms in total. The lowest BCUT2D eigenvalue weighted by Crippen LogP contribution is -2.57. The smallest absolute Gasteiger partial charge is 0.311 e. The Bertz CT molecular complexity index is 1040. The number of carbonyl (C=O) groups is 3. The maximum absolute atomic E-state index is 14.5. The number of aryl methyl sites for hydroxylation is 2. The Morgan fingerprint density at radius 1 is 1.29 bits per heavy atom. The van der Waals surface area contributed by atoms with Gasteiger partial charge in [0.25, 0.3) is 5.91 Å². The molecule has 3 aliphatic rings. The van der Waals surface area contributed by atoms with Crippen molar-refractivity contribution in [3.05, 3.63) is 54.6 Å². The van der Waals surface area contributed by atoms with Gasteiger partial charge in [0.05, 0.1) is 23.2 Å². The summed E-state index contributed by atoms with van der Waals surface area (Å²) >= 11 is 1.59. The number of thioether (sulfide) groups is 1. The average Bonchev–Trinajstić information content (AvgIpc) is 3.40. The molecule has 0 aliphatic carbocycles. The third-order valence-corrected chi connectivity index (χ3v) is 9.80. The van der Waals surface area contributed by atoms with Gasteiger partial charge in [-0.25, -0.2) is 0 Å². The fraction of sp³-hybridized carbons (Fsp3) is 0.519. The molecular weight excluding hydrogens is 464 g/mol. The van der Waals surface area contributed by atoms with Crippen LogP contribution >= 0.6 is 11.8 Å². The molecule has 0 radical (unpaired) electrons. The van der Waals surface area contributed by atoms with E-state index < -0.39 is 28.6 Å². The highest BCUT2D eigenvalue weighted by Crippen LogP contribution is 2.68. The Morgan fingerprint density at radius 2 is 1.97 bits per heavy atom. The number of aliphatic hydroxyl groups excluding tert-OH is 1. The van der Waals surface area contributed by atoms with E-state index in [0.29, 0.717) is 0 Å². The highest BCUT2D eigenvalue weighted by Gasteiger charge is 2.76. The van der Waals surface area contributed by atoms with E-state index in [2.05, 4.69) is 20.1 Å². The zero-order valence-corrected chi connectivity index (χ0v) is 21.4. The first kappa shape index (κ1) is 25.5. The zero-order valence-electron chi connectivity index (χ0n) is 20.6. The standard InChI is InChI=1S/C27H34N2O5S/c1-6-11-28(22-16(3)9-8-10-17(22)4)25(32)23-27-18(5)15-19(35-27)20(26(33)34-14-7-2)21(27)24(31)29(23)12-13-30/h6-10,18-21,23,30H,1-2,11-15H2,3-5H3/t18?,19-,20+,21+,23?,27?/m1/s1. The molecule has 3 fully saturated rings. The molecule has 8 heteroatoms. The third kappa shape index (κ3) is 3.82. The van der Waals surface area contributed by atoms with E-state index in [1.807, 2.05) is 32.0 Å². The van der Waals surface area contributed by atoms with Crippen molar-refractivity contribution < 1.29 is 24.2 Å². The number of fused-ring (bicyclic) bond motifs is 1. The fourth-order valence-corrected chi connectivity index (χ4v) is 8.86. The van der Waals surface area contributed by atoms with Crippen molar-refractivity contribution in [2.24, 2.45) is 17.8 Å². The van der Waals surface area contributed by atoms with E-state index in [1.54, 1.807) is 22.7 Å². The van der Waals surface area contributed by atoms with Gasteiger partial charge in [0.2, 0.25) is 5.91 Å². The van der Waals surface area contributed by atoms with Crippen LogP contribution in [0.1, 0.15) is 24.5 Å². The van der Waals surface area contributed by atoms with Gasteiger partial charge in [-0.15, -0.1) is 18.3 Å². The number of likely N-dealkylation sites (tertiary alicyclic amines) is 1. The van der Waals surface area contributed by atoms with Crippen molar-refractivity contribution in [1.29, 1.82) is 0 Å². The SMILES string of the molecule is C=CCOC(=O)[C@@H]1[C@H]2C(=O)N(CCO)C(C(=O)N(CC=C)c3c(C)cccc3C)C23S[C@@H]1CC3C. The van der Waals surface area contributed by atoms with E-state index >= 15 is 0 Å². The minimum Gasteiger partial charge on any atom is -0.461 e. The number of amides is 2. The van der Waals surface area contributed by atoms with Crippen molar-refractivity contribution in [2.75, 3.05) is 31.2 Å². The Balaban J connectivity index is 1.82. The third-order valence-electron chi connectivity index (χ3n) is 7.72. The van der Waals surface area contributed by atoms with Crippen LogP contribution in [0.25, 0.3) is 0 Å². The molecule has 1 N–H and O–H groups in total. The molecule has 1 aromatic carbocycles. The number of hydrogen-bond donors (Lipinski definition) is 1. The fourth-order valence-electron chi connectivity index (χ4n) is 6.45. The monoisotopic (exact) mass is 498 g/mol. The molecule has 0 aromatic heterocycles.